The predicted octanol–water partition coefficient (Wildman–Crippen LogP) is 4.38. The monoisotopic (exact) mass is 350 g/mol. The number of nitrogens with one attached hydrogen (secondary N) is 1. The van der Waals surface area contributed by atoms with E-state index < -0.39 is 0 Å². The highest BCUT2D eigenvalue weighted by molar-refractivity contribution is 7.08. The molecule has 0 bridgehead atoms. The van der Waals surface area contributed by atoms with Crippen molar-refractivity contribution in [3.63, 3.8) is 0 Å². The third kappa shape index (κ3) is 2.77. The highest BCUT2D eigenvalue weighted by atomic mass is 32.1. The zero-order valence-electron chi connectivity index (χ0n) is 13.4. The Labute approximate surface area is 148 Å². The van der Waals surface area contributed by atoms with E-state index in [0.29, 0.717) is 34.0 Å². The average molecular weight is 350 g/mol. The molecule has 0 radical (unpaired) electrons. The van der Waals surface area contributed by atoms with Gasteiger partial charge >= 0.3 is 0 Å². The minimum absolute atomic E-state index is 0.157. The van der Waals surface area contributed by atoms with E-state index in [-0.39, 0.29) is 11.8 Å². The molecule has 5 nitrogen and oxygen atoms in total. The van der Waals surface area contributed by atoms with E-state index in [0.717, 1.165) is 0 Å². The molecule has 1 aromatic heterocycles. The highest BCUT2D eigenvalue weighted by Gasteiger charge is 2.25. The molecule has 2 amide bonds. The molecular formula is C19H14N2O3S. The van der Waals surface area contributed by atoms with Crippen LogP contribution in [0.3, 0.4) is 0 Å². The molecule has 25 heavy (non-hydrogen) atoms. The average Bonchev–Trinajstić information content (AvgIpc) is 3.14. The van der Waals surface area contributed by atoms with Crippen molar-refractivity contribution in [1.82, 2.24) is 0 Å². The van der Waals surface area contributed by atoms with E-state index in [1.165, 1.54) is 16.2 Å². The highest BCUT2D eigenvalue weighted by Crippen LogP contribution is 2.39. The van der Waals surface area contributed by atoms with Gasteiger partial charge in [-0.25, -0.2) is 0 Å². The van der Waals surface area contributed by atoms with Gasteiger partial charge in [-0.1, -0.05) is 12.1 Å². The number of hydrogen-bond acceptors (Lipinski definition) is 4. The number of para-hydroxylation sites is 1. The van der Waals surface area contributed by atoms with Gasteiger partial charge in [0.05, 0.1) is 16.8 Å². The molecule has 1 aliphatic rings. The SMILES string of the molecule is CN1C(=O)c2ccccc2Oc2ccc(NC(=O)c3ccsc3)cc21. The topological polar surface area (TPSA) is 58.6 Å². The van der Waals surface area contributed by atoms with Crippen LogP contribution in [0.1, 0.15) is 20.7 Å². The number of rotatable bonds is 2. The van der Waals surface area contributed by atoms with Crippen LogP contribution < -0.4 is 15.0 Å². The molecule has 1 aliphatic heterocycles. The lowest BCUT2D eigenvalue weighted by Crippen LogP contribution is -2.25. The molecule has 2 aromatic carbocycles. The Balaban J connectivity index is 1.69. The summed E-state index contributed by atoms with van der Waals surface area (Å²) in [7, 11) is 1.69. The first kappa shape index (κ1) is 15.4. The van der Waals surface area contributed by atoms with Crippen molar-refractivity contribution in [1.29, 1.82) is 0 Å². The Kier molecular flexibility index (Phi) is 3.74. The van der Waals surface area contributed by atoms with Crippen molar-refractivity contribution >= 4 is 34.5 Å². The lowest BCUT2D eigenvalue weighted by molar-refractivity contribution is 0.0991. The zero-order valence-corrected chi connectivity index (χ0v) is 14.2. The van der Waals surface area contributed by atoms with Gasteiger partial charge in [-0.15, -0.1) is 0 Å². The van der Waals surface area contributed by atoms with Gasteiger partial charge in [-0.05, 0) is 41.8 Å². The van der Waals surface area contributed by atoms with Crippen molar-refractivity contribution in [3.8, 4) is 11.5 Å². The summed E-state index contributed by atoms with van der Waals surface area (Å²) in [6, 6.07) is 14.1. The Morgan fingerprint density at radius 2 is 1.96 bits per heavy atom. The standard InChI is InChI=1S/C19H14N2O3S/c1-21-15-10-13(20-18(22)12-8-9-25-11-12)6-7-17(15)24-16-5-3-2-4-14(16)19(21)23/h2-11H,1H3,(H,20,22). The number of amides is 2. The van der Waals surface area contributed by atoms with Crippen LogP contribution in [-0.2, 0) is 0 Å². The number of nitrogens with zero attached hydrogens (tertiary/aromatic N) is 1. The van der Waals surface area contributed by atoms with Crippen LogP contribution in [0.5, 0.6) is 11.5 Å². The number of fused-ring (bicyclic) bond motifs is 2. The first-order valence-corrected chi connectivity index (χ1v) is 8.60. The predicted molar refractivity (Wildman–Crippen MR) is 98.0 cm³/mol. The van der Waals surface area contributed by atoms with Crippen molar-refractivity contribution in [2.75, 3.05) is 17.3 Å². The van der Waals surface area contributed by atoms with E-state index in [1.54, 1.807) is 54.9 Å². The van der Waals surface area contributed by atoms with Crippen molar-refractivity contribution in [2.45, 2.75) is 0 Å². The molecule has 4 rings (SSSR count). The van der Waals surface area contributed by atoms with Gasteiger partial charge in [0, 0.05) is 18.1 Å². The molecule has 0 aliphatic carbocycles. The van der Waals surface area contributed by atoms with Gasteiger partial charge in [-0.3, -0.25) is 9.59 Å². The number of anilines is 2. The maximum absolute atomic E-state index is 12.7. The van der Waals surface area contributed by atoms with E-state index >= 15 is 0 Å². The Morgan fingerprint density at radius 1 is 1.12 bits per heavy atom. The van der Waals surface area contributed by atoms with E-state index in [1.807, 2.05) is 11.4 Å². The van der Waals surface area contributed by atoms with Crippen molar-refractivity contribution in [2.24, 2.45) is 0 Å². The van der Waals surface area contributed by atoms with Gasteiger partial charge in [0.2, 0.25) is 0 Å². The van der Waals surface area contributed by atoms with Gasteiger partial charge < -0.3 is 15.0 Å². The largest absolute Gasteiger partial charge is 0.454 e. The second kappa shape index (κ2) is 6.07. The second-order valence-corrected chi connectivity index (χ2v) is 6.39. The molecule has 2 heterocycles. The number of carbonyl (C=O) groups is 2. The summed E-state index contributed by atoms with van der Waals surface area (Å²) in [6.07, 6.45) is 0. The number of benzene rings is 2. The van der Waals surface area contributed by atoms with Crippen LogP contribution in [0.15, 0.2) is 59.3 Å². The van der Waals surface area contributed by atoms with Crippen molar-refractivity contribution in [3.05, 3.63) is 70.4 Å². The van der Waals surface area contributed by atoms with Gasteiger partial charge in [0.15, 0.2) is 5.75 Å². The zero-order chi connectivity index (χ0) is 17.4. The molecule has 0 unspecified atom stereocenters. The summed E-state index contributed by atoms with van der Waals surface area (Å²) < 4.78 is 5.90. The summed E-state index contributed by atoms with van der Waals surface area (Å²) in [5, 5.41) is 6.48. The molecular weight excluding hydrogens is 336 g/mol. The lowest BCUT2D eigenvalue weighted by Gasteiger charge is -2.17. The third-order valence-electron chi connectivity index (χ3n) is 4.00. The number of ether oxygens (including phenoxy) is 1. The van der Waals surface area contributed by atoms with Crippen LogP contribution in [0.2, 0.25) is 0 Å². The normalized spacial score (nSPS) is 12.7. The number of hydrogen-bond donors (Lipinski definition) is 1. The van der Waals surface area contributed by atoms with E-state index in [2.05, 4.69) is 5.32 Å². The second-order valence-electron chi connectivity index (χ2n) is 5.61. The van der Waals surface area contributed by atoms with Crippen LogP contribution in [0.25, 0.3) is 0 Å². The Hall–Kier alpha value is -3.12. The fraction of sp³-hybridized carbons (Fsp3) is 0.0526. The maximum Gasteiger partial charge on any atom is 0.261 e. The molecule has 3 aromatic rings. The van der Waals surface area contributed by atoms with Crippen LogP contribution in [-0.4, -0.2) is 18.9 Å². The minimum atomic E-state index is -0.187. The molecule has 0 saturated carbocycles. The van der Waals surface area contributed by atoms with Gasteiger partial charge in [0.25, 0.3) is 11.8 Å². The first-order chi connectivity index (χ1) is 12.1. The van der Waals surface area contributed by atoms with Crippen molar-refractivity contribution < 1.29 is 14.3 Å². The van der Waals surface area contributed by atoms with E-state index in [4.69, 9.17) is 4.74 Å². The van der Waals surface area contributed by atoms with E-state index in [9.17, 15) is 9.59 Å². The Bertz CT molecular complexity index is 967. The van der Waals surface area contributed by atoms with Gasteiger partial charge in [-0.2, -0.15) is 11.3 Å². The minimum Gasteiger partial charge on any atom is -0.454 e. The summed E-state index contributed by atoms with van der Waals surface area (Å²) in [5.74, 6) is 0.742. The Morgan fingerprint density at radius 3 is 2.76 bits per heavy atom. The molecule has 0 fully saturated rings. The number of carbonyl (C=O) groups excluding carboxylic acids is 2. The molecule has 6 heteroatoms. The van der Waals surface area contributed by atoms with Gasteiger partial charge in [0.1, 0.15) is 5.75 Å². The summed E-state index contributed by atoms with van der Waals surface area (Å²) in [4.78, 5) is 26.4. The van der Waals surface area contributed by atoms with Crippen LogP contribution in [0.4, 0.5) is 11.4 Å². The quantitative estimate of drug-likeness (QED) is 0.746. The maximum atomic E-state index is 12.7. The number of thiophene rings is 1. The lowest BCUT2D eigenvalue weighted by atomic mass is 10.2. The molecule has 0 atom stereocenters. The smallest absolute Gasteiger partial charge is 0.261 e. The summed E-state index contributed by atoms with van der Waals surface area (Å²) in [6.45, 7) is 0. The first-order valence-electron chi connectivity index (χ1n) is 7.66. The molecule has 0 saturated heterocycles. The van der Waals surface area contributed by atoms with Crippen LogP contribution >= 0.6 is 11.3 Å². The fourth-order valence-electron chi connectivity index (χ4n) is 2.68. The van der Waals surface area contributed by atoms with Crippen LogP contribution in [0, 0.1) is 0 Å². The molecule has 0 spiro atoms. The summed E-state index contributed by atoms with van der Waals surface area (Å²) in [5.41, 5.74) is 2.31. The molecule has 124 valence electrons. The summed E-state index contributed by atoms with van der Waals surface area (Å²) >= 11 is 1.46. The molecule has 1 N–H and O–H groups in total. The fourth-order valence-corrected chi connectivity index (χ4v) is 3.32. The third-order valence-corrected chi connectivity index (χ3v) is 4.69.